The maximum Gasteiger partial charge on any atom is 0.410 e. The molecule has 3 heterocycles. The Morgan fingerprint density at radius 3 is 2.67 bits per heavy atom. The summed E-state index contributed by atoms with van der Waals surface area (Å²) in [6, 6.07) is 0.263. The summed E-state index contributed by atoms with van der Waals surface area (Å²) in [5.41, 5.74) is 1.73. The molecule has 2 aliphatic rings. The number of hydrogen-bond acceptors (Lipinski definition) is 7. The molecule has 2 bridgehead atoms. The Morgan fingerprint density at radius 2 is 2.08 bits per heavy atom. The van der Waals surface area contributed by atoms with Crippen LogP contribution in [0.25, 0.3) is 0 Å². The highest BCUT2D eigenvalue weighted by molar-refractivity contribution is 5.92. The van der Waals surface area contributed by atoms with Crippen molar-refractivity contribution in [2.75, 3.05) is 24.6 Å². The van der Waals surface area contributed by atoms with Crippen molar-refractivity contribution >= 4 is 17.9 Å². The average molecular weight is 335 g/mol. The molecule has 24 heavy (non-hydrogen) atoms. The molecular formula is C15H21N5O4. The summed E-state index contributed by atoms with van der Waals surface area (Å²) in [4.78, 5) is 35.6. The van der Waals surface area contributed by atoms with Gasteiger partial charge in [0.25, 0.3) is 5.91 Å². The molecule has 130 valence electrons. The molecule has 1 aromatic heterocycles. The molecule has 2 saturated heterocycles. The fraction of sp³-hybridized carbons (Fsp3) is 0.600. The number of amides is 2. The van der Waals surface area contributed by atoms with Crippen molar-refractivity contribution < 1.29 is 19.5 Å². The Morgan fingerprint density at radius 1 is 1.33 bits per heavy atom. The van der Waals surface area contributed by atoms with Gasteiger partial charge in [0.2, 0.25) is 5.95 Å². The van der Waals surface area contributed by atoms with Gasteiger partial charge in [-0.3, -0.25) is 10.0 Å². The molecule has 2 aliphatic heterocycles. The number of hydroxylamine groups is 1. The van der Waals surface area contributed by atoms with Crippen molar-refractivity contribution in [2.24, 2.45) is 0 Å². The van der Waals surface area contributed by atoms with Gasteiger partial charge in [-0.05, 0) is 12.8 Å². The van der Waals surface area contributed by atoms with Gasteiger partial charge in [0.05, 0.1) is 24.3 Å². The Kier molecular flexibility index (Phi) is 4.79. The second kappa shape index (κ2) is 7.00. The van der Waals surface area contributed by atoms with Gasteiger partial charge in [0.1, 0.15) is 0 Å². The van der Waals surface area contributed by atoms with Gasteiger partial charge in [-0.15, -0.1) is 0 Å². The largest absolute Gasteiger partial charge is 0.449 e. The topological polar surface area (TPSA) is 108 Å². The lowest BCUT2D eigenvalue weighted by atomic mass is 10.2. The van der Waals surface area contributed by atoms with Crippen LogP contribution in [0.15, 0.2) is 12.4 Å². The van der Waals surface area contributed by atoms with E-state index in [0.29, 0.717) is 25.6 Å². The number of carbonyl (C=O) groups excluding carboxylic acids is 2. The molecule has 9 heteroatoms. The van der Waals surface area contributed by atoms with Crippen LogP contribution < -0.4 is 10.4 Å². The van der Waals surface area contributed by atoms with Crippen LogP contribution in [0.1, 0.15) is 36.5 Å². The van der Waals surface area contributed by atoms with Gasteiger partial charge < -0.3 is 14.5 Å². The van der Waals surface area contributed by atoms with E-state index in [1.54, 1.807) is 10.4 Å². The highest BCUT2D eigenvalue weighted by Gasteiger charge is 2.46. The van der Waals surface area contributed by atoms with Crippen LogP contribution in [0.3, 0.4) is 0 Å². The quantitative estimate of drug-likeness (QED) is 0.465. The van der Waals surface area contributed by atoms with E-state index >= 15 is 0 Å². The Labute approximate surface area is 139 Å². The average Bonchev–Trinajstić information content (AvgIpc) is 3.22. The molecule has 0 radical (unpaired) electrons. The van der Waals surface area contributed by atoms with Crippen molar-refractivity contribution in [1.29, 1.82) is 0 Å². The number of unbranched alkanes of at least 4 members (excludes halogenated alkanes) is 1. The third-order valence-corrected chi connectivity index (χ3v) is 4.46. The molecule has 2 atom stereocenters. The molecule has 3 rings (SSSR count). The Hall–Kier alpha value is -2.42. The summed E-state index contributed by atoms with van der Waals surface area (Å²) in [6.07, 6.45) is 5.24. The summed E-state index contributed by atoms with van der Waals surface area (Å²) in [7, 11) is 0. The van der Waals surface area contributed by atoms with Gasteiger partial charge in [-0.2, -0.15) is 0 Å². The molecular weight excluding hydrogens is 314 g/mol. The fourth-order valence-electron chi connectivity index (χ4n) is 3.17. The third kappa shape index (κ3) is 3.12. The minimum Gasteiger partial charge on any atom is -0.449 e. The van der Waals surface area contributed by atoms with Crippen LogP contribution in [0, 0.1) is 0 Å². The van der Waals surface area contributed by atoms with E-state index < -0.39 is 5.91 Å². The molecule has 9 nitrogen and oxygen atoms in total. The molecule has 2 N–H and O–H groups in total. The van der Waals surface area contributed by atoms with Crippen molar-refractivity contribution in [3.8, 4) is 0 Å². The zero-order valence-corrected chi connectivity index (χ0v) is 13.5. The van der Waals surface area contributed by atoms with Crippen LogP contribution >= 0.6 is 0 Å². The van der Waals surface area contributed by atoms with Crippen molar-refractivity contribution in [3.05, 3.63) is 18.0 Å². The predicted molar refractivity (Wildman–Crippen MR) is 83.8 cm³/mol. The second-order valence-electron chi connectivity index (χ2n) is 6.03. The van der Waals surface area contributed by atoms with E-state index in [2.05, 4.69) is 16.9 Å². The monoisotopic (exact) mass is 335 g/mol. The third-order valence-electron chi connectivity index (χ3n) is 4.46. The lowest BCUT2D eigenvalue weighted by Crippen LogP contribution is -2.49. The maximum atomic E-state index is 12.1. The van der Waals surface area contributed by atoms with Crippen LogP contribution in [0.4, 0.5) is 10.7 Å². The summed E-state index contributed by atoms with van der Waals surface area (Å²) < 4.78 is 5.28. The van der Waals surface area contributed by atoms with Gasteiger partial charge >= 0.3 is 6.09 Å². The first kappa shape index (κ1) is 16.4. The summed E-state index contributed by atoms with van der Waals surface area (Å²) >= 11 is 0. The SMILES string of the molecule is CCCCOC(=O)N1CC2CC1CN2c1ncc(C(=O)NO)cn1. The number of rotatable bonds is 5. The molecule has 0 saturated carbocycles. The minimum atomic E-state index is -0.648. The second-order valence-corrected chi connectivity index (χ2v) is 6.03. The van der Waals surface area contributed by atoms with Crippen LogP contribution in [0.5, 0.6) is 0 Å². The van der Waals surface area contributed by atoms with Gasteiger partial charge in [0.15, 0.2) is 0 Å². The first-order chi connectivity index (χ1) is 11.6. The van der Waals surface area contributed by atoms with E-state index in [0.717, 1.165) is 19.3 Å². The lowest BCUT2D eigenvalue weighted by Gasteiger charge is -2.33. The summed E-state index contributed by atoms with van der Waals surface area (Å²) in [5.74, 6) is -0.124. The molecule has 0 spiro atoms. The number of carbonyl (C=O) groups is 2. The van der Waals surface area contributed by atoms with Gasteiger partial charge in [0, 0.05) is 25.5 Å². The number of likely N-dealkylation sites (tertiary alicyclic amines) is 1. The van der Waals surface area contributed by atoms with Crippen molar-refractivity contribution in [1.82, 2.24) is 20.3 Å². The van der Waals surface area contributed by atoms with E-state index in [1.807, 2.05) is 4.90 Å². The number of nitrogens with zero attached hydrogens (tertiary/aromatic N) is 4. The highest BCUT2D eigenvalue weighted by atomic mass is 16.6. The molecule has 0 aromatic carbocycles. The first-order valence-electron chi connectivity index (χ1n) is 8.10. The molecule has 2 fully saturated rings. The number of ether oxygens (including phenoxy) is 1. The maximum absolute atomic E-state index is 12.1. The van der Waals surface area contributed by atoms with E-state index in [-0.39, 0.29) is 23.7 Å². The van der Waals surface area contributed by atoms with E-state index in [4.69, 9.17) is 9.94 Å². The van der Waals surface area contributed by atoms with Gasteiger partial charge in [-0.25, -0.2) is 20.2 Å². The molecule has 1 aromatic rings. The number of hydrogen-bond donors (Lipinski definition) is 2. The van der Waals surface area contributed by atoms with Crippen molar-refractivity contribution in [2.45, 2.75) is 38.3 Å². The molecule has 2 unspecified atom stereocenters. The Balaban J connectivity index is 1.59. The normalized spacial score (nSPS) is 21.9. The standard InChI is InChI=1S/C15H21N5O4/c1-2-3-4-24-15(22)20-9-11-5-12(20)8-19(11)14-16-6-10(7-17-14)13(21)18-23/h6-7,11-12,23H,2-5,8-9H2,1H3,(H,18,21). The van der Waals surface area contributed by atoms with Crippen molar-refractivity contribution in [3.63, 3.8) is 0 Å². The van der Waals surface area contributed by atoms with E-state index in [9.17, 15) is 9.59 Å². The summed E-state index contributed by atoms with van der Waals surface area (Å²) in [6.45, 7) is 3.76. The number of fused-ring (bicyclic) bond motifs is 2. The zero-order valence-electron chi connectivity index (χ0n) is 13.5. The lowest BCUT2D eigenvalue weighted by molar-refractivity contribution is 0.0705. The smallest absolute Gasteiger partial charge is 0.410 e. The minimum absolute atomic E-state index is 0.105. The first-order valence-corrected chi connectivity index (χ1v) is 8.10. The molecule has 0 aliphatic carbocycles. The van der Waals surface area contributed by atoms with E-state index in [1.165, 1.54) is 12.4 Å². The number of anilines is 1. The zero-order chi connectivity index (χ0) is 17.1. The number of nitrogens with one attached hydrogen (secondary N) is 1. The van der Waals surface area contributed by atoms with Crippen LogP contribution in [0.2, 0.25) is 0 Å². The number of aromatic nitrogens is 2. The fourth-order valence-corrected chi connectivity index (χ4v) is 3.17. The summed E-state index contributed by atoms with van der Waals surface area (Å²) in [5, 5.41) is 8.60. The van der Waals surface area contributed by atoms with Crippen LogP contribution in [-0.4, -0.2) is 63.9 Å². The van der Waals surface area contributed by atoms with Crippen LogP contribution in [-0.2, 0) is 4.74 Å². The Bertz CT molecular complexity index is 608. The predicted octanol–water partition coefficient (Wildman–Crippen LogP) is 0.795. The highest BCUT2D eigenvalue weighted by Crippen LogP contribution is 2.33. The number of piperazine rings is 1. The van der Waals surface area contributed by atoms with Gasteiger partial charge in [-0.1, -0.05) is 13.3 Å². The molecule has 2 amide bonds.